The summed E-state index contributed by atoms with van der Waals surface area (Å²) in [6.45, 7) is 1.85. The monoisotopic (exact) mass is 370 g/mol. The van der Waals surface area contributed by atoms with Crippen LogP contribution in [0, 0.1) is 6.92 Å². The van der Waals surface area contributed by atoms with Crippen LogP contribution in [-0.4, -0.2) is 19.5 Å². The zero-order chi connectivity index (χ0) is 15.6. The number of hydrogen-bond acceptors (Lipinski definition) is 4. The van der Waals surface area contributed by atoms with Crippen molar-refractivity contribution < 1.29 is 22.5 Å². The fourth-order valence-corrected chi connectivity index (χ4v) is 3.09. The molecule has 0 aliphatic heterocycles. The van der Waals surface area contributed by atoms with Gasteiger partial charge < -0.3 is 9.29 Å². The fraction of sp³-hybridized carbons (Fsp3) is 0.0714. The van der Waals surface area contributed by atoms with Crippen LogP contribution in [0.5, 0.6) is 5.75 Å². The average molecular weight is 371 g/mol. The van der Waals surface area contributed by atoms with Crippen LogP contribution in [0.25, 0.3) is 0 Å². The van der Waals surface area contributed by atoms with Crippen molar-refractivity contribution in [3.05, 3.63) is 58.1 Å². The molecule has 21 heavy (non-hydrogen) atoms. The lowest BCUT2D eigenvalue weighted by Gasteiger charge is -2.09. The number of aromatic carboxylic acids is 1. The lowest BCUT2D eigenvalue weighted by atomic mass is 10.2. The summed E-state index contributed by atoms with van der Waals surface area (Å²) in [5.74, 6) is -1.08. The minimum absolute atomic E-state index is 0.0283. The lowest BCUT2D eigenvalue weighted by molar-refractivity contribution is 0.0697. The number of benzene rings is 2. The van der Waals surface area contributed by atoms with Crippen molar-refractivity contribution in [1.82, 2.24) is 0 Å². The van der Waals surface area contributed by atoms with Gasteiger partial charge in [-0.15, -0.1) is 0 Å². The highest BCUT2D eigenvalue weighted by molar-refractivity contribution is 9.10. The summed E-state index contributed by atoms with van der Waals surface area (Å²) >= 11 is 3.10. The van der Waals surface area contributed by atoms with E-state index in [9.17, 15) is 13.2 Å². The molecule has 7 heteroatoms. The van der Waals surface area contributed by atoms with Gasteiger partial charge in [0.05, 0.1) is 10.0 Å². The number of halogens is 1. The van der Waals surface area contributed by atoms with Crippen molar-refractivity contribution in [1.29, 1.82) is 0 Å². The summed E-state index contributed by atoms with van der Waals surface area (Å²) in [5.41, 5.74) is 0.961. The van der Waals surface area contributed by atoms with Gasteiger partial charge in [-0.2, -0.15) is 8.42 Å². The Labute approximate surface area is 130 Å². The minimum atomic E-state index is -3.96. The molecule has 0 aromatic heterocycles. The molecular formula is C14H11BrO5S. The number of rotatable bonds is 4. The molecule has 5 nitrogen and oxygen atoms in total. The first-order chi connectivity index (χ1) is 9.79. The number of carbonyl (C=O) groups is 1. The minimum Gasteiger partial charge on any atom is -0.478 e. The van der Waals surface area contributed by atoms with Crippen LogP contribution in [0.2, 0.25) is 0 Å². The molecule has 1 N–H and O–H groups in total. The quantitative estimate of drug-likeness (QED) is 0.835. The summed E-state index contributed by atoms with van der Waals surface area (Å²) < 4.78 is 29.5. The molecule has 0 unspecified atom stereocenters. The molecule has 0 fully saturated rings. The van der Waals surface area contributed by atoms with Crippen molar-refractivity contribution in [2.24, 2.45) is 0 Å². The number of carboxylic acid groups (broad SMARTS) is 1. The molecule has 2 aromatic rings. The fourth-order valence-electron chi connectivity index (χ4n) is 1.57. The van der Waals surface area contributed by atoms with Gasteiger partial charge in [-0.3, -0.25) is 0 Å². The van der Waals surface area contributed by atoms with Crippen molar-refractivity contribution in [2.75, 3.05) is 0 Å². The van der Waals surface area contributed by atoms with Crippen LogP contribution in [-0.2, 0) is 10.1 Å². The third-order valence-electron chi connectivity index (χ3n) is 2.69. The summed E-state index contributed by atoms with van der Waals surface area (Å²) in [5, 5.41) is 8.86. The van der Waals surface area contributed by atoms with Crippen LogP contribution in [0.1, 0.15) is 15.9 Å². The van der Waals surface area contributed by atoms with Crippen LogP contribution in [0.4, 0.5) is 0 Å². The van der Waals surface area contributed by atoms with Gasteiger partial charge in [0.2, 0.25) is 0 Å². The SMILES string of the molecule is Cc1ccc(S(=O)(=O)Oc2ccc(C(=O)O)cc2Br)cc1. The highest BCUT2D eigenvalue weighted by Gasteiger charge is 2.18. The Bertz CT molecular complexity index is 782. The molecule has 0 heterocycles. The zero-order valence-corrected chi connectivity index (χ0v) is 13.3. The molecule has 0 saturated carbocycles. The first-order valence-electron chi connectivity index (χ1n) is 5.83. The predicted octanol–water partition coefficient (Wildman–Crippen LogP) is 3.22. The van der Waals surface area contributed by atoms with E-state index in [1.54, 1.807) is 12.1 Å². The van der Waals surface area contributed by atoms with Gasteiger partial charge in [0.25, 0.3) is 0 Å². The van der Waals surface area contributed by atoms with Crippen LogP contribution in [0.3, 0.4) is 0 Å². The molecule has 110 valence electrons. The van der Waals surface area contributed by atoms with Crippen LogP contribution >= 0.6 is 15.9 Å². The van der Waals surface area contributed by atoms with E-state index in [2.05, 4.69) is 15.9 Å². The Balaban J connectivity index is 2.32. The molecular weight excluding hydrogens is 360 g/mol. The van der Waals surface area contributed by atoms with Gasteiger partial charge >= 0.3 is 16.1 Å². The third kappa shape index (κ3) is 3.62. The number of hydrogen-bond donors (Lipinski definition) is 1. The van der Waals surface area contributed by atoms with Gasteiger partial charge in [-0.25, -0.2) is 4.79 Å². The van der Waals surface area contributed by atoms with E-state index in [0.717, 1.165) is 5.56 Å². The molecule has 0 spiro atoms. The van der Waals surface area contributed by atoms with Crippen molar-refractivity contribution in [3.63, 3.8) is 0 Å². The van der Waals surface area contributed by atoms with Crippen LogP contribution in [0.15, 0.2) is 51.8 Å². The Morgan fingerprint density at radius 2 is 1.76 bits per heavy atom. The van der Waals surface area contributed by atoms with E-state index in [1.807, 2.05) is 6.92 Å². The van der Waals surface area contributed by atoms with E-state index in [0.29, 0.717) is 0 Å². The second-order valence-electron chi connectivity index (χ2n) is 4.30. The number of carboxylic acids is 1. The maximum Gasteiger partial charge on any atom is 0.339 e. The van der Waals surface area contributed by atoms with Crippen molar-refractivity contribution in [3.8, 4) is 5.75 Å². The van der Waals surface area contributed by atoms with Crippen molar-refractivity contribution >= 4 is 32.0 Å². The molecule has 0 bridgehead atoms. The lowest BCUT2D eigenvalue weighted by Crippen LogP contribution is -2.10. The third-order valence-corrected chi connectivity index (χ3v) is 4.56. The molecule has 2 aromatic carbocycles. The second kappa shape index (κ2) is 5.87. The first kappa shape index (κ1) is 15.5. The Morgan fingerprint density at radius 3 is 2.29 bits per heavy atom. The maximum absolute atomic E-state index is 12.1. The number of aryl methyl sites for hydroxylation is 1. The molecule has 2 rings (SSSR count). The summed E-state index contributed by atoms with van der Waals surface area (Å²) in [7, 11) is -3.96. The maximum atomic E-state index is 12.1. The zero-order valence-electron chi connectivity index (χ0n) is 10.9. The molecule has 0 saturated heterocycles. The highest BCUT2D eigenvalue weighted by atomic mass is 79.9. The Morgan fingerprint density at radius 1 is 1.14 bits per heavy atom. The highest BCUT2D eigenvalue weighted by Crippen LogP contribution is 2.29. The Hall–Kier alpha value is -1.86. The van der Waals surface area contributed by atoms with E-state index in [1.165, 1.54) is 30.3 Å². The topological polar surface area (TPSA) is 80.7 Å². The van der Waals surface area contributed by atoms with Gasteiger partial charge in [0.15, 0.2) is 5.75 Å². The predicted molar refractivity (Wildman–Crippen MR) is 80.1 cm³/mol. The molecule has 0 amide bonds. The smallest absolute Gasteiger partial charge is 0.339 e. The van der Waals surface area contributed by atoms with E-state index in [4.69, 9.17) is 9.29 Å². The van der Waals surface area contributed by atoms with Gasteiger partial charge in [-0.1, -0.05) is 17.7 Å². The summed E-state index contributed by atoms with van der Waals surface area (Å²) in [6, 6.07) is 10.1. The van der Waals surface area contributed by atoms with Gasteiger partial charge in [0, 0.05) is 0 Å². The summed E-state index contributed by atoms with van der Waals surface area (Å²) in [6.07, 6.45) is 0. The van der Waals surface area contributed by atoms with Crippen molar-refractivity contribution in [2.45, 2.75) is 11.8 Å². The van der Waals surface area contributed by atoms with Gasteiger partial charge in [0.1, 0.15) is 4.90 Å². The van der Waals surface area contributed by atoms with E-state index in [-0.39, 0.29) is 20.7 Å². The van der Waals surface area contributed by atoms with E-state index >= 15 is 0 Å². The normalized spacial score (nSPS) is 11.1. The summed E-state index contributed by atoms with van der Waals surface area (Å²) in [4.78, 5) is 10.9. The standard InChI is InChI=1S/C14H11BrO5S/c1-9-2-5-11(6-3-9)21(18,19)20-13-7-4-10(14(16)17)8-12(13)15/h2-8H,1H3,(H,16,17). The average Bonchev–Trinajstić information content (AvgIpc) is 2.41. The van der Waals surface area contributed by atoms with Crippen LogP contribution < -0.4 is 4.18 Å². The van der Waals surface area contributed by atoms with E-state index < -0.39 is 16.1 Å². The molecule has 0 aliphatic rings. The second-order valence-corrected chi connectivity index (χ2v) is 6.70. The van der Waals surface area contributed by atoms with Gasteiger partial charge in [-0.05, 0) is 53.2 Å². The first-order valence-corrected chi connectivity index (χ1v) is 8.04. The Kier molecular flexibility index (Phi) is 4.34. The molecule has 0 radical (unpaired) electrons. The molecule has 0 aliphatic carbocycles. The largest absolute Gasteiger partial charge is 0.478 e. The molecule has 0 atom stereocenters.